The minimum Gasteiger partial charge on any atom is -0.497 e. The SMILES string of the molecule is COc1ccc2c(c1)[C@@H](NC(=O)Cc1c(C)n[nH]c1C)CC(C)(C)O2. The van der Waals surface area contributed by atoms with Crippen molar-refractivity contribution in [2.75, 3.05) is 7.11 Å². The molecule has 2 N–H and O–H groups in total. The number of amides is 1. The normalized spacial score (nSPS) is 18.2. The van der Waals surface area contributed by atoms with E-state index in [1.807, 2.05) is 45.9 Å². The molecule has 2 heterocycles. The van der Waals surface area contributed by atoms with E-state index in [0.717, 1.165) is 34.0 Å². The molecule has 1 atom stereocenters. The van der Waals surface area contributed by atoms with Gasteiger partial charge in [-0.05, 0) is 45.9 Å². The van der Waals surface area contributed by atoms with Crippen LogP contribution in [0.1, 0.15) is 48.8 Å². The first-order chi connectivity index (χ1) is 11.8. The molecule has 134 valence electrons. The number of nitrogens with zero attached hydrogens (tertiary/aromatic N) is 1. The second-order valence-electron chi connectivity index (χ2n) is 7.18. The molecule has 1 amide bonds. The zero-order valence-electron chi connectivity index (χ0n) is 15.4. The fourth-order valence-electron chi connectivity index (χ4n) is 3.33. The molecule has 0 aliphatic carbocycles. The molecule has 0 spiro atoms. The monoisotopic (exact) mass is 343 g/mol. The first-order valence-corrected chi connectivity index (χ1v) is 8.46. The van der Waals surface area contributed by atoms with E-state index in [4.69, 9.17) is 9.47 Å². The lowest BCUT2D eigenvalue weighted by Crippen LogP contribution is -2.41. The van der Waals surface area contributed by atoms with Crippen molar-refractivity contribution in [1.29, 1.82) is 0 Å². The van der Waals surface area contributed by atoms with Gasteiger partial charge in [0.05, 0.1) is 25.3 Å². The van der Waals surface area contributed by atoms with Crippen molar-refractivity contribution < 1.29 is 14.3 Å². The zero-order valence-corrected chi connectivity index (χ0v) is 15.4. The molecule has 0 fully saturated rings. The summed E-state index contributed by atoms with van der Waals surface area (Å²) in [6.45, 7) is 7.90. The topological polar surface area (TPSA) is 76.2 Å². The van der Waals surface area contributed by atoms with Crippen LogP contribution >= 0.6 is 0 Å². The average molecular weight is 343 g/mol. The number of aryl methyl sites for hydroxylation is 2. The number of ether oxygens (including phenoxy) is 2. The number of rotatable bonds is 4. The number of methoxy groups -OCH3 is 1. The number of aromatic amines is 1. The van der Waals surface area contributed by atoms with Crippen LogP contribution in [0.3, 0.4) is 0 Å². The first-order valence-electron chi connectivity index (χ1n) is 8.46. The Hall–Kier alpha value is -2.50. The van der Waals surface area contributed by atoms with Crippen molar-refractivity contribution in [3.63, 3.8) is 0 Å². The summed E-state index contributed by atoms with van der Waals surface area (Å²) >= 11 is 0. The van der Waals surface area contributed by atoms with Crippen LogP contribution in [-0.2, 0) is 11.2 Å². The molecule has 0 saturated carbocycles. The number of fused-ring (bicyclic) bond motifs is 1. The average Bonchev–Trinajstić information content (AvgIpc) is 2.85. The Bertz CT molecular complexity index is 776. The highest BCUT2D eigenvalue weighted by Gasteiger charge is 2.35. The molecule has 3 rings (SSSR count). The molecule has 0 radical (unpaired) electrons. The van der Waals surface area contributed by atoms with Gasteiger partial charge in [-0.1, -0.05) is 0 Å². The van der Waals surface area contributed by atoms with Gasteiger partial charge in [0.25, 0.3) is 0 Å². The third-order valence-corrected chi connectivity index (χ3v) is 4.63. The molecule has 1 aromatic carbocycles. The molecule has 0 unspecified atom stereocenters. The summed E-state index contributed by atoms with van der Waals surface area (Å²) in [7, 11) is 1.63. The maximum Gasteiger partial charge on any atom is 0.225 e. The number of carbonyl (C=O) groups is 1. The third-order valence-electron chi connectivity index (χ3n) is 4.63. The quantitative estimate of drug-likeness (QED) is 0.895. The summed E-state index contributed by atoms with van der Waals surface area (Å²) in [5, 5.41) is 10.2. The van der Waals surface area contributed by atoms with Gasteiger partial charge in [-0.15, -0.1) is 0 Å². The molecular weight excluding hydrogens is 318 g/mol. The summed E-state index contributed by atoms with van der Waals surface area (Å²) in [6.07, 6.45) is 1.01. The lowest BCUT2D eigenvalue weighted by atomic mass is 9.89. The van der Waals surface area contributed by atoms with Crippen molar-refractivity contribution in [2.45, 2.75) is 52.2 Å². The Kier molecular flexibility index (Phi) is 4.45. The number of nitrogens with one attached hydrogen (secondary N) is 2. The summed E-state index contributed by atoms with van der Waals surface area (Å²) < 4.78 is 11.4. The van der Waals surface area contributed by atoms with Crippen LogP contribution in [-0.4, -0.2) is 28.8 Å². The van der Waals surface area contributed by atoms with Crippen molar-refractivity contribution in [1.82, 2.24) is 15.5 Å². The number of carbonyl (C=O) groups excluding carboxylic acids is 1. The molecule has 6 nitrogen and oxygen atoms in total. The van der Waals surface area contributed by atoms with Gasteiger partial charge in [0.1, 0.15) is 17.1 Å². The van der Waals surface area contributed by atoms with Crippen LogP contribution in [0.2, 0.25) is 0 Å². The number of H-pyrrole nitrogens is 1. The van der Waals surface area contributed by atoms with Crippen LogP contribution < -0.4 is 14.8 Å². The lowest BCUT2D eigenvalue weighted by Gasteiger charge is -2.38. The highest BCUT2D eigenvalue weighted by molar-refractivity contribution is 5.79. The zero-order chi connectivity index (χ0) is 18.2. The van der Waals surface area contributed by atoms with E-state index < -0.39 is 0 Å². The van der Waals surface area contributed by atoms with Crippen LogP contribution in [0.25, 0.3) is 0 Å². The minimum absolute atomic E-state index is 0.0240. The molecule has 6 heteroatoms. The summed E-state index contributed by atoms with van der Waals surface area (Å²) in [4.78, 5) is 12.6. The van der Waals surface area contributed by atoms with Crippen molar-refractivity contribution in [3.8, 4) is 11.5 Å². The molecule has 25 heavy (non-hydrogen) atoms. The highest BCUT2D eigenvalue weighted by Crippen LogP contribution is 2.41. The van der Waals surface area contributed by atoms with Crippen molar-refractivity contribution >= 4 is 5.91 Å². The summed E-state index contributed by atoms with van der Waals surface area (Å²) in [5.41, 5.74) is 3.35. The highest BCUT2D eigenvalue weighted by atomic mass is 16.5. The fourth-order valence-corrected chi connectivity index (χ4v) is 3.33. The smallest absolute Gasteiger partial charge is 0.225 e. The third kappa shape index (κ3) is 3.62. The van der Waals surface area contributed by atoms with Gasteiger partial charge in [0.2, 0.25) is 5.91 Å². The number of benzene rings is 1. The summed E-state index contributed by atoms with van der Waals surface area (Å²) in [6, 6.07) is 5.59. The molecule has 1 aromatic heterocycles. The van der Waals surface area contributed by atoms with E-state index >= 15 is 0 Å². The van der Waals surface area contributed by atoms with Gasteiger partial charge in [0, 0.05) is 23.2 Å². The number of hydrogen-bond acceptors (Lipinski definition) is 4. The van der Waals surface area contributed by atoms with E-state index in [1.54, 1.807) is 7.11 Å². The Morgan fingerprint density at radius 2 is 2.20 bits per heavy atom. The Labute approximate surface area is 147 Å². The molecule has 1 aliphatic heterocycles. The van der Waals surface area contributed by atoms with Gasteiger partial charge < -0.3 is 14.8 Å². The lowest BCUT2D eigenvalue weighted by molar-refractivity contribution is -0.121. The van der Waals surface area contributed by atoms with Crippen molar-refractivity contribution in [3.05, 3.63) is 40.7 Å². The van der Waals surface area contributed by atoms with Crippen molar-refractivity contribution in [2.24, 2.45) is 0 Å². The minimum atomic E-state index is -0.346. The van der Waals surface area contributed by atoms with Crippen LogP contribution in [0.4, 0.5) is 0 Å². The maximum absolute atomic E-state index is 12.6. The van der Waals surface area contributed by atoms with E-state index in [-0.39, 0.29) is 17.6 Å². The summed E-state index contributed by atoms with van der Waals surface area (Å²) in [5.74, 6) is 1.52. The Morgan fingerprint density at radius 1 is 1.44 bits per heavy atom. The van der Waals surface area contributed by atoms with Crippen LogP contribution in [0.5, 0.6) is 11.5 Å². The number of hydrogen-bond donors (Lipinski definition) is 2. The van der Waals surface area contributed by atoms with E-state index in [1.165, 1.54) is 0 Å². The molecule has 2 aromatic rings. The molecular formula is C19H25N3O3. The Balaban J connectivity index is 1.83. The predicted octanol–water partition coefficient (Wildman–Crippen LogP) is 3.00. The van der Waals surface area contributed by atoms with Gasteiger partial charge in [-0.25, -0.2) is 0 Å². The van der Waals surface area contributed by atoms with Crippen LogP contribution in [0, 0.1) is 13.8 Å². The standard InChI is InChI=1S/C19H25N3O3/c1-11-14(12(2)22-21-11)9-18(23)20-16-10-19(3,4)25-17-7-6-13(24-5)8-15(16)17/h6-8,16H,9-10H2,1-5H3,(H,20,23)(H,21,22)/t16-/m0/s1. The van der Waals surface area contributed by atoms with Gasteiger partial charge in [0.15, 0.2) is 0 Å². The second kappa shape index (κ2) is 6.43. The predicted molar refractivity (Wildman–Crippen MR) is 95.0 cm³/mol. The van der Waals surface area contributed by atoms with E-state index in [2.05, 4.69) is 15.5 Å². The van der Waals surface area contributed by atoms with Crippen LogP contribution in [0.15, 0.2) is 18.2 Å². The fraction of sp³-hybridized carbons (Fsp3) is 0.474. The Morgan fingerprint density at radius 3 is 2.84 bits per heavy atom. The second-order valence-corrected chi connectivity index (χ2v) is 7.18. The van der Waals surface area contributed by atoms with Gasteiger partial charge in [-0.3, -0.25) is 9.89 Å². The van der Waals surface area contributed by atoms with E-state index in [0.29, 0.717) is 12.8 Å². The first kappa shape index (κ1) is 17.3. The maximum atomic E-state index is 12.6. The van der Waals surface area contributed by atoms with E-state index in [9.17, 15) is 4.79 Å². The largest absolute Gasteiger partial charge is 0.497 e. The van der Waals surface area contributed by atoms with Gasteiger partial charge >= 0.3 is 0 Å². The molecule has 1 aliphatic rings. The van der Waals surface area contributed by atoms with Gasteiger partial charge in [-0.2, -0.15) is 5.10 Å². The molecule has 0 bridgehead atoms. The number of aromatic nitrogens is 2. The molecule has 0 saturated heterocycles.